The fraction of sp³-hybridized carbons (Fsp3) is 0.357. The van der Waals surface area contributed by atoms with Crippen LogP contribution in [0.1, 0.15) is 37.5 Å². The van der Waals surface area contributed by atoms with Crippen molar-refractivity contribution < 1.29 is 4.52 Å². The SMILES string of the molecule is C=C(CNc1ccc(-c2ncon2)cc1C)NCCNCC.C=CNN1Cc2ccccc2C1.CC. The van der Waals surface area contributed by atoms with Gasteiger partial charge in [-0.1, -0.05) is 63.4 Å². The van der Waals surface area contributed by atoms with Gasteiger partial charge in [-0.2, -0.15) is 4.98 Å². The first-order chi connectivity index (χ1) is 17.6. The Labute approximate surface area is 215 Å². The van der Waals surface area contributed by atoms with Crippen molar-refractivity contribution in [1.82, 2.24) is 31.2 Å². The van der Waals surface area contributed by atoms with Gasteiger partial charge in [-0.15, -0.1) is 0 Å². The Balaban J connectivity index is 0.000000273. The Bertz CT molecular complexity index is 1020. The highest BCUT2D eigenvalue weighted by Gasteiger charge is 2.16. The van der Waals surface area contributed by atoms with E-state index in [2.05, 4.69) is 80.9 Å². The number of fused-ring (bicyclic) bond motifs is 1. The molecule has 0 saturated carbocycles. The number of hydrogen-bond acceptors (Lipinski definition) is 8. The fourth-order valence-electron chi connectivity index (χ4n) is 3.62. The minimum absolute atomic E-state index is 0.601. The second-order valence-electron chi connectivity index (χ2n) is 7.98. The summed E-state index contributed by atoms with van der Waals surface area (Å²) in [7, 11) is 0. The molecule has 1 aromatic heterocycles. The van der Waals surface area contributed by atoms with E-state index in [-0.39, 0.29) is 0 Å². The molecule has 2 aromatic carbocycles. The maximum atomic E-state index is 4.77. The van der Waals surface area contributed by atoms with Gasteiger partial charge in [0.15, 0.2) is 0 Å². The summed E-state index contributed by atoms with van der Waals surface area (Å²) in [5.74, 6) is 0.601. The zero-order valence-electron chi connectivity index (χ0n) is 22.1. The summed E-state index contributed by atoms with van der Waals surface area (Å²) >= 11 is 0. The summed E-state index contributed by atoms with van der Waals surface area (Å²) in [6, 6.07) is 14.5. The molecule has 0 amide bonds. The quantitative estimate of drug-likeness (QED) is 0.283. The zero-order valence-corrected chi connectivity index (χ0v) is 22.1. The lowest BCUT2D eigenvalue weighted by Crippen LogP contribution is -2.28. The van der Waals surface area contributed by atoms with Crippen molar-refractivity contribution >= 4 is 5.69 Å². The Morgan fingerprint density at radius 2 is 1.83 bits per heavy atom. The van der Waals surface area contributed by atoms with Crippen molar-refractivity contribution in [3.63, 3.8) is 0 Å². The van der Waals surface area contributed by atoms with Gasteiger partial charge in [-0.25, -0.2) is 5.01 Å². The maximum absolute atomic E-state index is 4.77. The second-order valence-corrected chi connectivity index (χ2v) is 7.98. The third kappa shape index (κ3) is 9.20. The van der Waals surface area contributed by atoms with Crippen molar-refractivity contribution in [2.75, 3.05) is 31.5 Å². The number of aryl methyl sites for hydroxylation is 1. The molecule has 8 nitrogen and oxygen atoms in total. The van der Waals surface area contributed by atoms with E-state index in [0.717, 1.165) is 55.2 Å². The van der Waals surface area contributed by atoms with Crippen LogP contribution in [0.5, 0.6) is 0 Å². The highest BCUT2D eigenvalue weighted by atomic mass is 16.5. The minimum Gasteiger partial charge on any atom is -0.386 e. The molecular formula is C28H41N7O. The van der Waals surface area contributed by atoms with E-state index in [1.807, 2.05) is 39.0 Å². The van der Waals surface area contributed by atoms with E-state index >= 15 is 0 Å². The molecule has 2 heterocycles. The van der Waals surface area contributed by atoms with E-state index < -0.39 is 0 Å². The van der Waals surface area contributed by atoms with Crippen LogP contribution >= 0.6 is 0 Å². The van der Waals surface area contributed by atoms with Gasteiger partial charge in [0, 0.05) is 49.3 Å². The molecule has 0 atom stereocenters. The van der Waals surface area contributed by atoms with Gasteiger partial charge in [0.2, 0.25) is 12.2 Å². The summed E-state index contributed by atoms with van der Waals surface area (Å²) in [6.07, 6.45) is 3.05. The molecule has 0 saturated heterocycles. The number of benzene rings is 2. The van der Waals surface area contributed by atoms with Crippen LogP contribution in [0.2, 0.25) is 0 Å². The maximum Gasteiger partial charge on any atom is 0.214 e. The summed E-state index contributed by atoms with van der Waals surface area (Å²) in [6.45, 7) is 21.2. The highest BCUT2D eigenvalue weighted by Crippen LogP contribution is 2.22. The molecule has 0 fully saturated rings. The largest absolute Gasteiger partial charge is 0.386 e. The summed E-state index contributed by atoms with van der Waals surface area (Å²) in [5.41, 5.74) is 10.0. The Hall–Kier alpha value is -3.62. The van der Waals surface area contributed by atoms with Crippen LogP contribution in [0.3, 0.4) is 0 Å². The van der Waals surface area contributed by atoms with Gasteiger partial charge in [0.1, 0.15) is 0 Å². The number of hydrogen-bond donors (Lipinski definition) is 4. The molecule has 36 heavy (non-hydrogen) atoms. The smallest absolute Gasteiger partial charge is 0.214 e. The number of nitrogens with one attached hydrogen (secondary N) is 4. The lowest BCUT2D eigenvalue weighted by molar-refractivity contribution is 0.227. The number of hydrazine groups is 1. The van der Waals surface area contributed by atoms with Crippen molar-refractivity contribution in [3.05, 3.63) is 90.6 Å². The van der Waals surface area contributed by atoms with Crippen LogP contribution in [0.25, 0.3) is 11.4 Å². The minimum atomic E-state index is 0.601. The Morgan fingerprint density at radius 1 is 1.11 bits per heavy atom. The van der Waals surface area contributed by atoms with Crippen molar-refractivity contribution in [3.8, 4) is 11.4 Å². The van der Waals surface area contributed by atoms with Crippen LogP contribution in [-0.2, 0) is 13.1 Å². The van der Waals surface area contributed by atoms with Gasteiger partial charge in [0.05, 0.1) is 6.54 Å². The number of rotatable bonds is 11. The van der Waals surface area contributed by atoms with Gasteiger partial charge in [-0.3, -0.25) is 0 Å². The molecule has 3 aromatic rings. The van der Waals surface area contributed by atoms with Crippen LogP contribution in [0, 0.1) is 6.92 Å². The number of anilines is 1. The average molecular weight is 492 g/mol. The molecule has 1 aliphatic heterocycles. The van der Waals surface area contributed by atoms with Crippen LogP contribution in [-0.4, -0.2) is 41.3 Å². The van der Waals surface area contributed by atoms with Gasteiger partial charge in [-0.05, 0) is 48.4 Å². The molecule has 1 aliphatic rings. The predicted molar refractivity (Wildman–Crippen MR) is 149 cm³/mol. The average Bonchev–Trinajstić information content (AvgIpc) is 3.58. The summed E-state index contributed by atoms with van der Waals surface area (Å²) < 4.78 is 4.77. The molecule has 0 spiro atoms. The van der Waals surface area contributed by atoms with Gasteiger partial charge in [0.25, 0.3) is 0 Å². The predicted octanol–water partition coefficient (Wildman–Crippen LogP) is 4.85. The molecule has 194 valence electrons. The highest BCUT2D eigenvalue weighted by molar-refractivity contribution is 5.63. The fourth-order valence-corrected chi connectivity index (χ4v) is 3.62. The molecular weight excluding hydrogens is 450 g/mol. The first-order valence-corrected chi connectivity index (χ1v) is 12.5. The van der Waals surface area contributed by atoms with Crippen molar-refractivity contribution in [2.24, 2.45) is 0 Å². The molecule has 0 radical (unpaired) electrons. The van der Waals surface area contributed by atoms with Gasteiger partial charge >= 0.3 is 0 Å². The summed E-state index contributed by atoms with van der Waals surface area (Å²) in [5, 5.41) is 15.9. The van der Waals surface area contributed by atoms with E-state index in [9.17, 15) is 0 Å². The first-order valence-electron chi connectivity index (χ1n) is 12.5. The van der Waals surface area contributed by atoms with E-state index in [1.165, 1.54) is 17.5 Å². The van der Waals surface area contributed by atoms with Crippen molar-refractivity contribution in [2.45, 2.75) is 40.8 Å². The first kappa shape index (κ1) is 28.6. The summed E-state index contributed by atoms with van der Waals surface area (Å²) in [4.78, 5) is 4.05. The van der Waals surface area contributed by atoms with Crippen LogP contribution in [0.4, 0.5) is 5.69 Å². The standard InChI is InChI=1S/C16H23N5O.C10H12N2.C2H6/c1-4-17-7-8-18-13(3)10-19-15-6-5-14(9-12(15)2)16-20-11-22-21-16;1-2-11-12-7-9-5-3-4-6-10(9)8-12;1-2/h5-6,9,11,17-19H,3-4,7-8,10H2,1-2H3;2-6,11H,1,7-8H2;1-2H3. The van der Waals surface area contributed by atoms with Crippen LogP contribution < -0.4 is 21.4 Å². The molecule has 4 rings (SSSR count). The number of nitrogens with zero attached hydrogens (tertiary/aromatic N) is 3. The normalized spacial score (nSPS) is 11.8. The molecule has 8 heteroatoms. The third-order valence-corrected chi connectivity index (χ3v) is 5.38. The number of likely N-dealkylation sites (N-methyl/N-ethyl adjacent to an activating group) is 1. The number of aromatic nitrogens is 2. The zero-order chi connectivity index (χ0) is 26.2. The Kier molecular flexibility index (Phi) is 12.8. The Morgan fingerprint density at radius 3 is 2.42 bits per heavy atom. The molecule has 4 N–H and O–H groups in total. The van der Waals surface area contributed by atoms with Gasteiger partial charge < -0.3 is 25.9 Å². The van der Waals surface area contributed by atoms with Crippen molar-refractivity contribution in [1.29, 1.82) is 0 Å². The van der Waals surface area contributed by atoms with Crippen LogP contribution in [0.15, 0.2) is 78.4 Å². The van der Waals surface area contributed by atoms with E-state index in [4.69, 9.17) is 4.52 Å². The monoisotopic (exact) mass is 491 g/mol. The topological polar surface area (TPSA) is 90.3 Å². The molecule has 0 bridgehead atoms. The lowest BCUT2D eigenvalue weighted by atomic mass is 10.1. The second kappa shape index (κ2) is 16.1. The van der Waals surface area contributed by atoms with E-state index in [1.54, 1.807) is 6.20 Å². The lowest BCUT2D eigenvalue weighted by Gasteiger charge is -2.14. The molecule has 0 unspecified atom stereocenters. The third-order valence-electron chi connectivity index (χ3n) is 5.38. The van der Waals surface area contributed by atoms with E-state index in [0.29, 0.717) is 12.4 Å². The molecule has 0 aliphatic carbocycles.